The molecule has 0 radical (unpaired) electrons. The van der Waals surface area contributed by atoms with Gasteiger partial charge in [-0.15, -0.1) is 0 Å². The van der Waals surface area contributed by atoms with Crippen LogP contribution in [0.15, 0.2) is 42.5 Å². The van der Waals surface area contributed by atoms with E-state index in [1.165, 1.54) is 0 Å². The minimum atomic E-state index is -0.344. The number of rotatable bonds is 4. The number of hydrogen-bond acceptors (Lipinski definition) is 3. The Morgan fingerprint density at radius 3 is 2.17 bits per heavy atom. The van der Waals surface area contributed by atoms with Crippen molar-refractivity contribution in [2.75, 3.05) is 19.8 Å². The van der Waals surface area contributed by atoms with Gasteiger partial charge in [-0.3, -0.25) is 0 Å². The van der Waals surface area contributed by atoms with Gasteiger partial charge in [0.25, 0.3) is 0 Å². The molecule has 6 heteroatoms. The van der Waals surface area contributed by atoms with Crippen LogP contribution in [0.2, 0.25) is 10.0 Å². The molecule has 0 aliphatic carbocycles. The second kappa shape index (κ2) is 7.69. The molecule has 1 fully saturated rings. The fourth-order valence-electron chi connectivity index (χ4n) is 2.56. The van der Waals surface area contributed by atoms with Crippen LogP contribution in [0.4, 0.5) is 0 Å². The molecule has 23 heavy (non-hydrogen) atoms. The lowest BCUT2D eigenvalue weighted by molar-refractivity contribution is -0.0376. The van der Waals surface area contributed by atoms with Crippen molar-refractivity contribution in [3.8, 4) is 11.1 Å². The molecular weight excluding hydrogens is 334 g/mol. The molecule has 1 saturated heterocycles. The molecule has 3 rings (SSSR count). The Hall–Kier alpha value is -1.04. The van der Waals surface area contributed by atoms with Gasteiger partial charge in [0.2, 0.25) is 0 Å². The normalized spacial score (nSPS) is 15.9. The van der Waals surface area contributed by atoms with E-state index in [-0.39, 0.29) is 13.2 Å². The second-order valence-electron chi connectivity index (χ2n) is 5.36. The first kappa shape index (κ1) is 16.8. The molecule has 2 aromatic carbocycles. The monoisotopic (exact) mass is 350 g/mol. The first-order chi connectivity index (χ1) is 11.2. The van der Waals surface area contributed by atoms with Crippen molar-refractivity contribution >= 4 is 35.8 Å². The molecule has 1 aliphatic rings. The summed E-state index contributed by atoms with van der Waals surface area (Å²) in [6.45, 7) is 3.72. The summed E-state index contributed by atoms with van der Waals surface area (Å²) >= 11 is 12.1. The Kier molecular flexibility index (Phi) is 5.62. The van der Waals surface area contributed by atoms with Crippen LogP contribution in [0, 0.1) is 0 Å². The first-order valence-electron chi connectivity index (χ1n) is 7.57. The third-order valence-corrected chi connectivity index (χ3v) is 4.08. The molecule has 0 spiro atoms. The molecule has 0 saturated carbocycles. The van der Waals surface area contributed by atoms with Crippen LogP contribution >= 0.6 is 23.2 Å². The second-order valence-corrected chi connectivity index (χ2v) is 6.23. The summed E-state index contributed by atoms with van der Waals surface area (Å²) in [5.41, 5.74) is 3.01. The van der Waals surface area contributed by atoms with E-state index in [1.807, 2.05) is 43.3 Å². The van der Waals surface area contributed by atoms with E-state index in [0.717, 1.165) is 16.6 Å². The highest BCUT2D eigenvalue weighted by Gasteiger charge is 2.29. The molecule has 0 unspecified atom stereocenters. The summed E-state index contributed by atoms with van der Waals surface area (Å²) in [6.07, 6.45) is 0.0177. The zero-order chi connectivity index (χ0) is 16.2. The summed E-state index contributed by atoms with van der Waals surface area (Å²) in [7, 11) is -0.344. The molecule has 0 amide bonds. The Labute approximate surface area is 146 Å². The number of benzene rings is 2. The maximum atomic E-state index is 6.06. The predicted octanol–water partition coefficient (Wildman–Crippen LogP) is 3.81. The van der Waals surface area contributed by atoms with Crippen molar-refractivity contribution in [3.05, 3.63) is 52.5 Å². The molecule has 0 bridgehead atoms. The molecule has 0 N–H and O–H groups in total. The van der Waals surface area contributed by atoms with Gasteiger partial charge in [-0.1, -0.05) is 47.5 Å². The number of hydrogen-bond donors (Lipinski definition) is 0. The Balaban J connectivity index is 1.70. The lowest BCUT2D eigenvalue weighted by atomic mass is 9.77. The van der Waals surface area contributed by atoms with E-state index in [0.29, 0.717) is 29.9 Å². The number of halogens is 2. The predicted molar refractivity (Wildman–Crippen MR) is 94.6 cm³/mol. The van der Waals surface area contributed by atoms with Crippen LogP contribution < -0.4 is 5.46 Å². The Morgan fingerprint density at radius 1 is 1.00 bits per heavy atom. The average molecular weight is 351 g/mol. The van der Waals surface area contributed by atoms with E-state index in [9.17, 15) is 0 Å². The summed E-state index contributed by atoms with van der Waals surface area (Å²) in [5, 5.41) is 1.25. The highest BCUT2D eigenvalue weighted by atomic mass is 35.5. The van der Waals surface area contributed by atoms with Crippen LogP contribution in [0.3, 0.4) is 0 Å². The fraction of sp³-hybridized carbons (Fsp3) is 0.294. The maximum Gasteiger partial charge on any atom is 0.494 e. The van der Waals surface area contributed by atoms with E-state index in [4.69, 9.17) is 37.2 Å². The van der Waals surface area contributed by atoms with Crippen LogP contribution in [-0.2, 0) is 14.0 Å². The van der Waals surface area contributed by atoms with Crippen molar-refractivity contribution in [2.24, 2.45) is 0 Å². The minimum absolute atomic E-state index is 0.0177. The van der Waals surface area contributed by atoms with Gasteiger partial charge in [-0.25, -0.2) is 0 Å². The van der Waals surface area contributed by atoms with Crippen LogP contribution in [0.5, 0.6) is 0 Å². The molecular formula is C17H17BCl2O3. The molecule has 0 aromatic heterocycles. The van der Waals surface area contributed by atoms with Crippen molar-refractivity contribution in [1.82, 2.24) is 0 Å². The van der Waals surface area contributed by atoms with Crippen LogP contribution in [0.1, 0.15) is 6.92 Å². The van der Waals surface area contributed by atoms with Gasteiger partial charge in [0.15, 0.2) is 0 Å². The fourth-order valence-corrected chi connectivity index (χ4v) is 3.09. The standard InChI is InChI=1S/C17H17BCl2O3/c1-2-21-17-10-22-18(23-11-17)14-5-3-12(4-6-14)13-7-15(19)9-16(20)8-13/h3-9,17H,2,10-11H2,1H3. The number of ether oxygens (including phenoxy) is 1. The van der Waals surface area contributed by atoms with E-state index in [2.05, 4.69) is 0 Å². The molecule has 120 valence electrons. The topological polar surface area (TPSA) is 27.7 Å². The van der Waals surface area contributed by atoms with Gasteiger partial charge < -0.3 is 14.0 Å². The van der Waals surface area contributed by atoms with Crippen LogP contribution in [-0.4, -0.2) is 33.0 Å². The summed E-state index contributed by atoms with van der Waals surface area (Å²) in [4.78, 5) is 0. The quantitative estimate of drug-likeness (QED) is 0.785. The summed E-state index contributed by atoms with van der Waals surface area (Å²) in [5.74, 6) is 0. The third-order valence-electron chi connectivity index (χ3n) is 3.65. The van der Waals surface area contributed by atoms with E-state index >= 15 is 0 Å². The van der Waals surface area contributed by atoms with E-state index < -0.39 is 0 Å². The molecule has 1 heterocycles. The highest BCUT2D eigenvalue weighted by Crippen LogP contribution is 2.26. The lowest BCUT2D eigenvalue weighted by Gasteiger charge is -2.27. The first-order valence-corrected chi connectivity index (χ1v) is 8.32. The molecule has 3 nitrogen and oxygen atoms in total. The van der Waals surface area contributed by atoms with Gasteiger partial charge in [0, 0.05) is 16.7 Å². The summed E-state index contributed by atoms with van der Waals surface area (Å²) < 4.78 is 16.9. The van der Waals surface area contributed by atoms with Crippen molar-refractivity contribution in [3.63, 3.8) is 0 Å². The smallest absolute Gasteiger partial charge is 0.404 e. The van der Waals surface area contributed by atoms with Gasteiger partial charge >= 0.3 is 7.12 Å². The van der Waals surface area contributed by atoms with Gasteiger partial charge in [-0.05, 0) is 41.7 Å². The molecule has 0 atom stereocenters. The Bertz CT molecular complexity index is 635. The molecule has 1 aliphatic heterocycles. The largest absolute Gasteiger partial charge is 0.494 e. The van der Waals surface area contributed by atoms with Gasteiger partial charge in [0.1, 0.15) is 6.10 Å². The van der Waals surface area contributed by atoms with E-state index in [1.54, 1.807) is 6.07 Å². The average Bonchev–Trinajstić information content (AvgIpc) is 2.55. The maximum absolute atomic E-state index is 6.06. The lowest BCUT2D eigenvalue weighted by Crippen LogP contribution is -2.47. The zero-order valence-electron chi connectivity index (χ0n) is 12.8. The Morgan fingerprint density at radius 2 is 1.61 bits per heavy atom. The zero-order valence-corrected chi connectivity index (χ0v) is 14.3. The van der Waals surface area contributed by atoms with Crippen molar-refractivity contribution in [2.45, 2.75) is 13.0 Å². The van der Waals surface area contributed by atoms with Gasteiger partial charge in [-0.2, -0.15) is 0 Å². The van der Waals surface area contributed by atoms with Crippen molar-refractivity contribution < 1.29 is 14.0 Å². The summed E-state index contributed by atoms with van der Waals surface area (Å²) in [6, 6.07) is 13.5. The third kappa shape index (κ3) is 4.28. The van der Waals surface area contributed by atoms with Gasteiger partial charge in [0.05, 0.1) is 13.2 Å². The molecule has 2 aromatic rings. The highest BCUT2D eigenvalue weighted by molar-refractivity contribution is 6.61. The van der Waals surface area contributed by atoms with Crippen LogP contribution in [0.25, 0.3) is 11.1 Å². The SMILES string of the molecule is CCOC1COB(c2ccc(-c3cc(Cl)cc(Cl)c3)cc2)OC1. The minimum Gasteiger partial charge on any atom is -0.404 e. The van der Waals surface area contributed by atoms with Crippen molar-refractivity contribution in [1.29, 1.82) is 0 Å².